The molecule has 0 N–H and O–H groups in total. The summed E-state index contributed by atoms with van der Waals surface area (Å²) in [7, 11) is 0. The number of carbonyl (C=O) groups is 1. The zero-order chi connectivity index (χ0) is 10.8. The second-order valence-corrected chi connectivity index (χ2v) is 4.47. The smallest absolute Gasteiger partial charge is 0.270 e. The van der Waals surface area contributed by atoms with E-state index >= 15 is 0 Å². The minimum Gasteiger partial charge on any atom is -0.270 e. The minimum absolute atomic E-state index is 0.140. The number of amides is 1. The lowest BCUT2D eigenvalue weighted by molar-refractivity contribution is -0.122. The van der Waals surface area contributed by atoms with Gasteiger partial charge in [0.05, 0.1) is 0 Å². The van der Waals surface area contributed by atoms with Gasteiger partial charge in [-0.25, -0.2) is 0 Å². The Balaban J connectivity index is 2.56. The molecule has 0 aromatic heterocycles. The number of hydrogen-bond acceptors (Lipinski definition) is 2. The van der Waals surface area contributed by atoms with Gasteiger partial charge in [-0.1, -0.05) is 19.8 Å². The lowest BCUT2D eigenvalue weighted by atomic mass is 10.1. The third-order valence-corrected chi connectivity index (χ3v) is 3.09. The number of hydrogen-bond donors (Lipinski definition) is 0. The van der Waals surface area contributed by atoms with Crippen LogP contribution in [0.3, 0.4) is 0 Å². The Morgan fingerprint density at radius 3 is 2.50 bits per heavy atom. The topological polar surface area (TPSA) is 32.7 Å². The summed E-state index contributed by atoms with van der Waals surface area (Å²) in [5.74, 6) is 0.578. The van der Waals surface area contributed by atoms with Crippen LogP contribution < -0.4 is 0 Å². The monoisotopic (exact) mass is 216 g/mol. The Bertz CT molecular complexity index is 261. The van der Waals surface area contributed by atoms with Crippen LogP contribution in [0, 0.1) is 0 Å². The third-order valence-electron chi connectivity index (χ3n) is 2.48. The fourth-order valence-corrected chi connectivity index (χ4v) is 1.59. The standard InChI is InChI=1S/C10H17ClN2O/c1-4-5-6-7-8-12-9(14)10(2,3)13(8)11/h4-7H2,1-3H3. The molecule has 1 aliphatic rings. The fourth-order valence-electron chi connectivity index (χ4n) is 1.39. The normalized spacial score (nSPS) is 20.1. The first-order valence-electron chi connectivity index (χ1n) is 5.08. The summed E-state index contributed by atoms with van der Waals surface area (Å²) in [6.07, 6.45) is 4.15. The molecule has 0 aliphatic carbocycles. The molecule has 0 radical (unpaired) electrons. The van der Waals surface area contributed by atoms with Crippen LogP contribution in [0.15, 0.2) is 4.99 Å². The van der Waals surface area contributed by atoms with Crippen LogP contribution in [0.25, 0.3) is 0 Å². The molecule has 1 aliphatic heterocycles. The summed E-state index contributed by atoms with van der Waals surface area (Å²) in [5.41, 5.74) is -0.664. The lowest BCUT2D eigenvalue weighted by Gasteiger charge is -2.24. The summed E-state index contributed by atoms with van der Waals surface area (Å²) in [6.45, 7) is 5.72. The van der Waals surface area contributed by atoms with Crippen molar-refractivity contribution in [3.63, 3.8) is 0 Å². The summed E-state index contributed by atoms with van der Waals surface area (Å²) >= 11 is 6.03. The van der Waals surface area contributed by atoms with E-state index in [1.54, 1.807) is 13.8 Å². The van der Waals surface area contributed by atoms with Crippen molar-refractivity contribution in [2.24, 2.45) is 4.99 Å². The van der Waals surface area contributed by atoms with E-state index in [2.05, 4.69) is 11.9 Å². The van der Waals surface area contributed by atoms with E-state index in [1.807, 2.05) is 0 Å². The highest BCUT2D eigenvalue weighted by molar-refractivity contribution is 6.28. The van der Waals surface area contributed by atoms with Gasteiger partial charge >= 0.3 is 0 Å². The SMILES string of the molecule is CCCCCC1=NC(=O)C(C)(C)N1Cl. The third kappa shape index (κ3) is 2.08. The molecule has 0 atom stereocenters. The number of carbonyl (C=O) groups excluding carboxylic acids is 1. The van der Waals surface area contributed by atoms with Crippen molar-refractivity contribution in [1.29, 1.82) is 0 Å². The molecule has 1 amide bonds. The van der Waals surface area contributed by atoms with Crippen LogP contribution >= 0.6 is 11.8 Å². The molecule has 0 saturated carbocycles. The van der Waals surface area contributed by atoms with Gasteiger partial charge in [-0.15, -0.1) is 0 Å². The van der Waals surface area contributed by atoms with Gasteiger partial charge in [-0.05, 0) is 20.3 Å². The van der Waals surface area contributed by atoms with Gasteiger partial charge in [0.15, 0.2) is 0 Å². The number of halogens is 1. The summed E-state index contributed by atoms with van der Waals surface area (Å²) in [6, 6.07) is 0. The first-order chi connectivity index (χ1) is 6.50. The average molecular weight is 217 g/mol. The number of rotatable bonds is 4. The molecule has 0 spiro atoms. The van der Waals surface area contributed by atoms with Gasteiger partial charge in [0.25, 0.3) is 5.91 Å². The zero-order valence-electron chi connectivity index (χ0n) is 9.01. The van der Waals surface area contributed by atoms with Crippen molar-refractivity contribution in [3.05, 3.63) is 0 Å². The average Bonchev–Trinajstić information content (AvgIpc) is 2.31. The quantitative estimate of drug-likeness (QED) is 0.535. The maximum atomic E-state index is 11.4. The Labute approximate surface area is 90.2 Å². The predicted molar refractivity (Wildman–Crippen MR) is 58.4 cm³/mol. The lowest BCUT2D eigenvalue weighted by Crippen LogP contribution is -2.40. The maximum absolute atomic E-state index is 11.4. The van der Waals surface area contributed by atoms with E-state index in [4.69, 9.17) is 11.8 Å². The van der Waals surface area contributed by atoms with Crippen molar-refractivity contribution in [2.45, 2.75) is 52.0 Å². The van der Waals surface area contributed by atoms with E-state index in [0.717, 1.165) is 31.5 Å². The molecule has 14 heavy (non-hydrogen) atoms. The number of nitrogens with zero attached hydrogens (tertiary/aromatic N) is 2. The Kier molecular flexibility index (Phi) is 3.53. The van der Waals surface area contributed by atoms with Crippen molar-refractivity contribution >= 4 is 23.5 Å². The molecule has 0 bridgehead atoms. The zero-order valence-corrected chi connectivity index (χ0v) is 9.76. The molecule has 3 nitrogen and oxygen atoms in total. The summed E-state index contributed by atoms with van der Waals surface area (Å²) in [4.78, 5) is 15.4. The van der Waals surface area contributed by atoms with Crippen LogP contribution in [-0.4, -0.2) is 21.7 Å². The number of amidine groups is 1. The second kappa shape index (κ2) is 4.30. The van der Waals surface area contributed by atoms with Crippen LogP contribution in [0.5, 0.6) is 0 Å². The van der Waals surface area contributed by atoms with Crippen LogP contribution in [0.4, 0.5) is 0 Å². The second-order valence-electron chi connectivity index (χ2n) is 4.13. The molecule has 0 fully saturated rings. The molecule has 0 aromatic rings. The molecular formula is C10H17ClN2O. The van der Waals surface area contributed by atoms with Gasteiger partial charge in [-0.3, -0.25) is 9.21 Å². The van der Waals surface area contributed by atoms with Crippen molar-refractivity contribution in [1.82, 2.24) is 4.42 Å². The number of aliphatic imine (C=N–C) groups is 1. The fraction of sp³-hybridized carbons (Fsp3) is 0.800. The minimum atomic E-state index is -0.664. The largest absolute Gasteiger partial charge is 0.274 e. The molecule has 0 unspecified atom stereocenters. The number of unbranched alkanes of at least 4 members (excludes halogenated alkanes) is 2. The first-order valence-corrected chi connectivity index (χ1v) is 5.42. The first kappa shape index (κ1) is 11.5. The summed E-state index contributed by atoms with van der Waals surface area (Å²) < 4.78 is 1.48. The molecular weight excluding hydrogens is 200 g/mol. The summed E-state index contributed by atoms with van der Waals surface area (Å²) in [5, 5.41) is 0. The molecule has 0 saturated heterocycles. The van der Waals surface area contributed by atoms with Crippen LogP contribution in [0.2, 0.25) is 0 Å². The van der Waals surface area contributed by atoms with E-state index in [-0.39, 0.29) is 5.91 Å². The Morgan fingerprint density at radius 2 is 2.07 bits per heavy atom. The van der Waals surface area contributed by atoms with Gasteiger partial charge in [0.1, 0.15) is 11.4 Å². The predicted octanol–water partition coefficient (Wildman–Crippen LogP) is 2.74. The maximum Gasteiger partial charge on any atom is 0.274 e. The highest BCUT2D eigenvalue weighted by Crippen LogP contribution is 2.27. The van der Waals surface area contributed by atoms with Gasteiger partial charge in [-0.2, -0.15) is 4.99 Å². The molecule has 1 heterocycles. The highest BCUT2D eigenvalue weighted by Gasteiger charge is 2.41. The van der Waals surface area contributed by atoms with E-state index in [1.165, 1.54) is 4.42 Å². The van der Waals surface area contributed by atoms with Crippen molar-refractivity contribution in [3.8, 4) is 0 Å². The molecule has 80 valence electrons. The van der Waals surface area contributed by atoms with Crippen molar-refractivity contribution in [2.75, 3.05) is 0 Å². The van der Waals surface area contributed by atoms with E-state index < -0.39 is 5.54 Å². The van der Waals surface area contributed by atoms with Gasteiger partial charge < -0.3 is 0 Å². The Morgan fingerprint density at radius 1 is 1.43 bits per heavy atom. The Hall–Kier alpha value is -0.570. The van der Waals surface area contributed by atoms with Crippen LogP contribution in [-0.2, 0) is 4.79 Å². The van der Waals surface area contributed by atoms with E-state index in [0.29, 0.717) is 0 Å². The van der Waals surface area contributed by atoms with E-state index in [9.17, 15) is 4.79 Å². The van der Waals surface area contributed by atoms with Gasteiger partial charge in [0.2, 0.25) is 0 Å². The van der Waals surface area contributed by atoms with Crippen LogP contribution in [0.1, 0.15) is 46.5 Å². The van der Waals surface area contributed by atoms with Crippen molar-refractivity contribution < 1.29 is 4.79 Å². The molecule has 0 aromatic carbocycles. The molecule has 1 rings (SSSR count). The molecule has 4 heteroatoms. The highest BCUT2D eigenvalue weighted by atomic mass is 35.5. The van der Waals surface area contributed by atoms with Gasteiger partial charge in [0, 0.05) is 18.2 Å².